The number of carbonyl (C=O) groups is 1. The second-order valence-corrected chi connectivity index (χ2v) is 7.79. The number of thiazole rings is 1. The number of piperidine rings is 1. The zero-order chi connectivity index (χ0) is 15.8. The van der Waals surface area contributed by atoms with E-state index >= 15 is 0 Å². The topological polar surface area (TPSA) is 53.4 Å². The maximum atomic E-state index is 12.6. The highest BCUT2D eigenvalue weighted by Crippen LogP contribution is 2.34. The van der Waals surface area contributed by atoms with Gasteiger partial charge in [0.1, 0.15) is 5.01 Å². The summed E-state index contributed by atoms with van der Waals surface area (Å²) in [6.07, 6.45) is 1.07. The van der Waals surface area contributed by atoms with E-state index in [-0.39, 0.29) is 12.0 Å². The molecule has 0 bridgehead atoms. The van der Waals surface area contributed by atoms with Crippen molar-refractivity contribution < 1.29 is 9.90 Å². The molecular weight excluding hydrogens is 328 g/mol. The molecule has 1 saturated heterocycles. The summed E-state index contributed by atoms with van der Waals surface area (Å²) in [6.45, 7) is 1.27. The van der Waals surface area contributed by atoms with Gasteiger partial charge in [-0.15, -0.1) is 22.7 Å². The zero-order valence-corrected chi connectivity index (χ0v) is 14.1. The van der Waals surface area contributed by atoms with Crippen LogP contribution in [0.15, 0.2) is 36.4 Å². The minimum atomic E-state index is -0.263. The van der Waals surface area contributed by atoms with E-state index in [2.05, 4.69) is 11.1 Å². The van der Waals surface area contributed by atoms with E-state index in [1.165, 1.54) is 11.3 Å². The molecule has 1 aliphatic rings. The molecular formula is C17H16N2O2S2. The van der Waals surface area contributed by atoms with Crippen LogP contribution < -0.4 is 0 Å². The molecule has 1 aromatic carbocycles. The molecule has 0 aliphatic carbocycles. The fourth-order valence-corrected chi connectivity index (χ4v) is 4.76. The van der Waals surface area contributed by atoms with E-state index in [1.54, 1.807) is 11.3 Å². The number of amides is 1. The van der Waals surface area contributed by atoms with Crippen molar-refractivity contribution in [3.05, 3.63) is 41.3 Å². The molecule has 0 radical (unpaired) electrons. The number of rotatable bonds is 2. The molecule has 0 atom stereocenters. The minimum Gasteiger partial charge on any atom is -0.393 e. The molecule has 1 fully saturated rings. The molecule has 0 saturated carbocycles. The standard InChI is InChI=1S/C17H16N2O2S2/c20-11-7-9-19(10-8-11)17(21)15-6-5-14(22-15)16-18-12-3-1-2-4-13(12)23-16/h1-6,11,20H,7-10H2. The predicted octanol–water partition coefficient (Wildman–Crippen LogP) is 3.62. The largest absolute Gasteiger partial charge is 0.393 e. The fourth-order valence-electron chi connectivity index (χ4n) is 2.77. The van der Waals surface area contributed by atoms with Crippen molar-refractivity contribution in [2.45, 2.75) is 18.9 Å². The fraction of sp³-hybridized carbons (Fsp3) is 0.294. The van der Waals surface area contributed by atoms with Crippen LogP contribution in [0, 0.1) is 0 Å². The highest BCUT2D eigenvalue weighted by molar-refractivity contribution is 7.26. The zero-order valence-electron chi connectivity index (χ0n) is 12.4. The number of likely N-dealkylation sites (tertiary alicyclic amines) is 1. The Kier molecular flexibility index (Phi) is 3.88. The molecule has 3 heterocycles. The Hall–Kier alpha value is -1.76. The molecule has 1 amide bonds. The first-order valence-electron chi connectivity index (χ1n) is 7.64. The molecule has 4 rings (SSSR count). The van der Waals surface area contributed by atoms with Crippen LogP contribution in [-0.4, -0.2) is 40.1 Å². The number of hydrogen-bond acceptors (Lipinski definition) is 5. The normalized spacial score (nSPS) is 16.1. The molecule has 23 heavy (non-hydrogen) atoms. The summed E-state index contributed by atoms with van der Waals surface area (Å²) in [5.41, 5.74) is 0.999. The molecule has 6 heteroatoms. The summed E-state index contributed by atoms with van der Waals surface area (Å²) >= 11 is 3.15. The van der Waals surface area contributed by atoms with E-state index < -0.39 is 0 Å². The summed E-state index contributed by atoms with van der Waals surface area (Å²) < 4.78 is 1.16. The third kappa shape index (κ3) is 2.89. The van der Waals surface area contributed by atoms with E-state index in [0.717, 1.165) is 25.0 Å². The monoisotopic (exact) mass is 344 g/mol. The summed E-state index contributed by atoms with van der Waals surface area (Å²) in [5, 5.41) is 10.5. The van der Waals surface area contributed by atoms with Crippen molar-refractivity contribution in [1.82, 2.24) is 9.88 Å². The first kappa shape index (κ1) is 14.8. The van der Waals surface area contributed by atoms with Crippen LogP contribution in [0.4, 0.5) is 0 Å². The number of hydrogen-bond donors (Lipinski definition) is 1. The van der Waals surface area contributed by atoms with Gasteiger partial charge in [-0.05, 0) is 37.1 Å². The molecule has 2 aromatic heterocycles. The number of para-hydroxylation sites is 1. The van der Waals surface area contributed by atoms with E-state index in [9.17, 15) is 9.90 Å². The summed E-state index contributed by atoms with van der Waals surface area (Å²) in [6, 6.07) is 11.9. The lowest BCUT2D eigenvalue weighted by atomic mass is 10.1. The summed E-state index contributed by atoms with van der Waals surface area (Å²) in [4.78, 5) is 20.8. The lowest BCUT2D eigenvalue weighted by molar-refractivity contribution is 0.0550. The van der Waals surface area contributed by atoms with Gasteiger partial charge in [0.25, 0.3) is 5.91 Å². The molecule has 0 spiro atoms. The summed E-state index contributed by atoms with van der Waals surface area (Å²) in [7, 11) is 0. The van der Waals surface area contributed by atoms with Crippen molar-refractivity contribution in [3.8, 4) is 9.88 Å². The van der Waals surface area contributed by atoms with Crippen molar-refractivity contribution in [2.75, 3.05) is 13.1 Å². The smallest absolute Gasteiger partial charge is 0.263 e. The Morgan fingerprint density at radius 3 is 2.70 bits per heavy atom. The molecule has 0 unspecified atom stereocenters. The van der Waals surface area contributed by atoms with Gasteiger partial charge in [0, 0.05) is 13.1 Å². The average Bonchev–Trinajstić information content (AvgIpc) is 3.21. The van der Waals surface area contributed by atoms with E-state index in [4.69, 9.17) is 0 Å². The maximum absolute atomic E-state index is 12.6. The number of aliphatic hydroxyl groups excluding tert-OH is 1. The van der Waals surface area contributed by atoms with Gasteiger partial charge in [0.05, 0.1) is 26.1 Å². The van der Waals surface area contributed by atoms with Crippen LogP contribution in [0.3, 0.4) is 0 Å². The second kappa shape index (κ2) is 6.03. The number of nitrogens with zero attached hydrogens (tertiary/aromatic N) is 2. The quantitative estimate of drug-likeness (QED) is 0.772. The van der Waals surface area contributed by atoms with Crippen LogP contribution in [-0.2, 0) is 0 Å². The van der Waals surface area contributed by atoms with Gasteiger partial charge in [-0.1, -0.05) is 12.1 Å². The third-order valence-corrected chi connectivity index (χ3v) is 6.35. The van der Waals surface area contributed by atoms with Gasteiger partial charge in [-0.25, -0.2) is 4.98 Å². The minimum absolute atomic E-state index is 0.0641. The second-order valence-electron chi connectivity index (χ2n) is 5.67. The number of thiophene rings is 1. The van der Waals surface area contributed by atoms with Gasteiger partial charge in [-0.2, -0.15) is 0 Å². The average molecular weight is 344 g/mol. The van der Waals surface area contributed by atoms with E-state index in [0.29, 0.717) is 25.9 Å². The Morgan fingerprint density at radius 1 is 1.13 bits per heavy atom. The summed E-state index contributed by atoms with van der Waals surface area (Å²) in [5.74, 6) is 0.0641. The number of carbonyl (C=O) groups excluding carboxylic acids is 1. The number of fused-ring (bicyclic) bond motifs is 1. The van der Waals surface area contributed by atoms with Crippen LogP contribution in [0.1, 0.15) is 22.5 Å². The van der Waals surface area contributed by atoms with Crippen LogP contribution >= 0.6 is 22.7 Å². The predicted molar refractivity (Wildman–Crippen MR) is 94.1 cm³/mol. The first-order chi connectivity index (χ1) is 11.2. The van der Waals surface area contributed by atoms with E-state index in [1.807, 2.05) is 35.2 Å². The number of aromatic nitrogens is 1. The Morgan fingerprint density at radius 2 is 1.91 bits per heavy atom. The number of benzene rings is 1. The molecule has 1 aliphatic heterocycles. The molecule has 1 N–H and O–H groups in total. The lowest BCUT2D eigenvalue weighted by Gasteiger charge is -2.29. The Balaban J connectivity index is 1.57. The van der Waals surface area contributed by atoms with Crippen LogP contribution in [0.5, 0.6) is 0 Å². The third-order valence-electron chi connectivity index (χ3n) is 4.07. The highest BCUT2D eigenvalue weighted by Gasteiger charge is 2.23. The van der Waals surface area contributed by atoms with Crippen molar-refractivity contribution in [2.24, 2.45) is 0 Å². The Labute approximate surface area is 142 Å². The van der Waals surface area contributed by atoms with Gasteiger partial charge < -0.3 is 10.0 Å². The van der Waals surface area contributed by atoms with Crippen molar-refractivity contribution in [3.63, 3.8) is 0 Å². The first-order valence-corrected chi connectivity index (χ1v) is 9.27. The maximum Gasteiger partial charge on any atom is 0.263 e. The molecule has 3 aromatic rings. The SMILES string of the molecule is O=C(c1ccc(-c2nc3ccccc3s2)s1)N1CCC(O)CC1. The van der Waals surface area contributed by atoms with Crippen molar-refractivity contribution >= 4 is 38.8 Å². The highest BCUT2D eigenvalue weighted by atomic mass is 32.1. The molecule has 4 nitrogen and oxygen atoms in total. The number of aliphatic hydroxyl groups is 1. The Bertz CT molecular complexity index is 814. The lowest BCUT2D eigenvalue weighted by Crippen LogP contribution is -2.39. The van der Waals surface area contributed by atoms with Crippen LogP contribution in [0.2, 0.25) is 0 Å². The van der Waals surface area contributed by atoms with Gasteiger partial charge in [0.15, 0.2) is 0 Å². The van der Waals surface area contributed by atoms with Gasteiger partial charge in [0.2, 0.25) is 0 Å². The van der Waals surface area contributed by atoms with Crippen LogP contribution in [0.25, 0.3) is 20.1 Å². The van der Waals surface area contributed by atoms with Gasteiger partial charge in [-0.3, -0.25) is 4.79 Å². The van der Waals surface area contributed by atoms with Gasteiger partial charge >= 0.3 is 0 Å². The molecule has 118 valence electrons. The van der Waals surface area contributed by atoms with Crippen molar-refractivity contribution in [1.29, 1.82) is 0 Å².